The SMILES string of the molecule is Cc1cc2c(cc1F)cc(-c1ccc(S(=O)(=O)NC3(C(F)(F)F)CC3)cn1)n2C1CCCCC1. The first-order valence-electron chi connectivity index (χ1n) is 11.4. The first-order valence-corrected chi connectivity index (χ1v) is 12.9. The van der Waals surface area contributed by atoms with E-state index in [1.807, 2.05) is 16.9 Å². The molecule has 0 unspecified atom stereocenters. The van der Waals surface area contributed by atoms with Gasteiger partial charge in [0.2, 0.25) is 10.0 Å². The molecule has 10 heteroatoms. The van der Waals surface area contributed by atoms with Crippen LogP contribution in [0, 0.1) is 12.7 Å². The van der Waals surface area contributed by atoms with Gasteiger partial charge in [0.25, 0.3) is 0 Å². The highest BCUT2D eigenvalue weighted by Crippen LogP contribution is 2.49. The largest absolute Gasteiger partial charge is 0.407 e. The standard InChI is InChI=1S/C24H25F4N3O2S/c1-15-11-21-16(12-19(15)25)13-22(31(21)17-5-3-2-4-6-17)20-8-7-18(14-29-20)34(32,33)30-23(9-10-23)24(26,27)28/h7-8,11-14,17,30H,2-6,9-10H2,1H3. The normalized spacial score (nSPS) is 19.0. The Morgan fingerprint density at radius 2 is 1.79 bits per heavy atom. The molecule has 0 amide bonds. The van der Waals surface area contributed by atoms with E-state index in [1.165, 1.54) is 18.2 Å². The van der Waals surface area contributed by atoms with Crippen molar-refractivity contribution in [2.24, 2.45) is 0 Å². The third-order valence-corrected chi connectivity index (χ3v) is 8.51. The molecule has 1 aromatic carbocycles. The number of fused-ring (bicyclic) bond motifs is 1. The highest BCUT2D eigenvalue weighted by atomic mass is 32.2. The number of aryl methyl sites for hydroxylation is 1. The maximum atomic E-state index is 14.3. The Kier molecular flexibility index (Phi) is 5.51. The number of nitrogens with zero attached hydrogens (tertiary/aromatic N) is 2. The zero-order chi connectivity index (χ0) is 24.3. The quantitative estimate of drug-likeness (QED) is 0.440. The number of sulfonamides is 1. The first kappa shape index (κ1) is 23.3. The predicted octanol–water partition coefficient (Wildman–Crippen LogP) is 6.03. The summed E-state index contributed by atoms with van der Waals surface area (Å²) in [5.41, 5.74) is 0.253. The number of pyridine rings is 1. The van der Waals surface area contributed by atoms with E-state index >= 15 is 0 Å². The maximum absolute atomic E-state index is 14.3. The summed E-state index contributed by atoms with van der Waals surface area (Å²) >= 11 is 0. The van der Waals surface area contributed by atoms with Crippen molar-refractivity contribution >= 4 is 20.9 Å². The summed E-state index contributed by atoms with van der Waals surface area (Å²) in [6.45, 7) is 1.71. The smallest absolute Gasteiger partial charge is 0.336 e. The molecule has 0 bridgehead atoms. The summed E-state index contributed by atoms with van der Waals surface area (Å²) in [6, 6.07) is 8.12. The highest BCUT2D eigenvalue weighted by molar-refractivity contribution is 7.89. The lowest BCUT2D eigenvalue weighted by Crippen LogP contribution is -2.47. The monoisotopic (exact) mass is 495 g/mol. The fourth-order valence-electron chi connectivity index (χ4n) is 4.86. The molecule has 5 nitrogen and oxygen atoms in total. The summed E-state index contributed by atoms with van der Waals surface area (Å²) in [5, 5.41) is 0.727. The van der Waals surface area contributed by atoms with Gasteiger partial charge in [-0.15, -0.1) is 0 Å². The summed E-state index contributed by atoms with van der Waals surface area (Å²) in [5.74, 6) is -0.306. The number of benzene rings is 1. The van der Waals surface area contributed by atoms with Crippen molar-refractivity contribution in [3.05, 3.63) is 47.9 Å². The molecule has 0 atom stereocenters. The number of nitrogens with one attached hydrogen (secondary N) is 1. The van der Waals surface area contributed by atoms with Crippen LogP contribution in [0.3, 0.4) is 0 Å². The number of rotatable bonds is 5. The molecule has 2 aliphatic carbocycles. The Morgan fingerprint density at radius 1 is 1.09 bits per heavy atom. The molecule has 2 aliphatic rings. The van der Waals surface area contributed by atoms with Crippen LogP contribution in [0.15, 0.2) is 41.4 Å². The number of aromatic nitrogens is 2. The minimum atomic E-state index is -4.65. The van der Waals surface area contributed by atoms with E-state index in [4.69, 9.17) is 0 Å². The van der Waals surface area contributed by atoms with Crippen molar-refractivity contribution in [2.45, 2.75) is 74.5 Å². The van der Waals surface area contributed by atoms with Crippen molar-refractivity contribution in [1.82, 2.24) is 14.3 Å². The second-order valence-corrected chi connectivity index (χ2v) is 11.1. The van der Waals surface area contributed by atoms with E-state index in [2.05, 4.69) is 9.55 Å². The van der Waals surface area contributed by atoms with Crippen molar-refractivity contribution in [3.63, 3.8) is 0 Å². The number of alkyl halides is 3. The first-order chi connectivity index (χ1) is 16.0. The van der Waals surface area contributed by atoms with Crippen LogP contribution in [0.5, 0.6) is 0 Å². The molecule has 0 aliphatic heterocycles. The molecule has 0 saturated heterocycles. The Bertz CT molecular complexity index is 1340. The van der Waals surface area contributed by atoms with E-state index in [9.17, 15) is 26.0 Å². The Hall–Kier alpha value is -2.46. The van der Waals surface area contributed by atoms with Crippen molar-refractivity contribution in [1.29, 1.82) is 0 Å². The minimum Gasteiger partial charge on any atom is -0.336 e. The van der Waals surface area contributed by atoms with E-state index < -0.39 is 21.7 Å². The average Bonchev–Trinajstić information content (AvgIpc) is 3.49. The highest BCUT2D eigenvalue weighted by Gasteiger charge is 2.65. The minimum absolute atomic E-state index is 0.208. The molecule has 0 radical (unpaired) electrons. The number of halogens is 4. The Labute approximate surface area is 195 Å². The summed E-state index contributed by atoms with van der Waals surface area (Å²) in [6.07, 6.45) is 1.16. The molecule has 2 heterocycles. The molecule has 3 aromatic rings. The Balaban J connectivity index is 1.53. The lowest BCUT2D eigenvalue weighted by atomic mass is 9.95. The van der Waals surface area contributed by atoms with Crippen molar-refractivity contribution in [3.8, 4) is 11.4 Å². The lowest BCUT2D eigenvalue weighted by molar-refractivity contribution is -0.160. The van der Waals surface area contributed by atoms with Gasteiger partial charge in [0.1, 0.15) is 16.3 Å². The van der Waals surface area contributed by atoms with E-state index in [0.29, 0.717) is 11.3 Å². The van der Waals surface area contributed by atoms with Gasteiger partial charge in [0.15, 0.2) is 0 Å². The molecule has 2 aromatic heterocycles. The number of hydrogen-bond donors (Lipinski definition) is 1. The van der Waals surface area contributed by atoms with Crippen LogP contribution in [0.1, 0.15) is 56.6 Å². The second-order valence-electron chi connectivity index (χ2n) is 9.42. The van der Waals surface area contributed by atoms with Crippen LogP contribution in [0.2, 0.25) is 0 Å². The van der Waals surface area contributed by atoms with Crippen LogP contribution < -0.4 is 4.72 Å². The topological polar surface area (TPSA) is 64.0 Å². The van der Waals surface area contributed by atoms with Gasteiger partial charge in [-0.2, -0.15) is 17.9 Å². The fraction of sp³-hybridized carbons (Fsp3) is 0.458. The molecular weight excluding hydrogens is 470 g/mol. The molecule has 182 valence electrons. The van der Waals surface area contributed by atoms with Crippen LogP contribution in [0.25, 0.3) is 22.3 Å². The number of hydrogen-bond acceptors (Lipinski definition) is 3. The molecular formula is C24H25F4N3O2S. The van der Waals surface area contributed by atoms with Crippen LogP contribution in [0.4, 0.5) is 17.6 Å². The summed E-state index contributed by atoms with van der Waals surface area (Å²) in [7, 11) is -4.39. The molecule has 5 rings (SSSR count). The van der Waals surface area contributed by atoms with Crippen molar-refractivity contribution < 1.29 is 26.0 Å². The van der Waals surface area contributed by atoms with E-state index in [-0.39, 0.29) is 29.6 Å². The summed E-state index contributed by atoms with van der Waals surface area (Å²) < 4.78 is 83.2. The van der Waals surface area contributed by atoms with Gasteiger partial charge >= 0.3 is 6.18 Å². The van der Waals surface area contributed by atoms with Gasteiger partial charge in [-0.1, -0.05) is 19.3 Å². The van der Waals surface area contributed by atoms with Gasteiger partial charge in [-0.3, -0.25) is 4.98 Å². The van der Waals surface area contributed by atoms with Gasteiger partial charge in [-0.25, -0.2) is 12.8 Å². The maximum Gasteiger partial charge on any atom is 0.407 e. The average molecular weight is 496 g/mol. The molecule has 0 spiro atoms. The third kappa shape index (κ3) is 4.00. The van der Waals surface area contributed by atoms with Gasteiger partial charge in [0.05, 0.1) is 11.4 Å². The van der Waals surface area contributed by atoms with Gasteiger partial charge in [0, 0.05) is 23.1 Å². The zero-order valence-corrected chi connectivity index (χ0v) is 19.4. The van der Waals surface area contributed by atoms with Crippen LogP contribution in [-0.2, 0) is 10.0 Å². The lowest BCUT2D eigenvalue weighted by Gasteiger charge is -2.26. The fourth-order valence-corrected chi connectivity index (χ4v) is 6.25. The van der Waals surface area contributed by atoms with Crippen molar-refractivity contribution in [2.75, 3.05) is 0 Å². The van der Waals surface area contributed by atoms with Gasteiger partial charge < -0.3 is 4.57 Å². The predicted molar refractivity (Wildman–Crippen MR) is 120 cm³/mol. The Morgan fingerprint density at radius 3 is 2.38 bits per heavy atom. The van der Waals surface area contributed by atoms with E-state index in [1.54, 1.807) is 6.92 Å². The second kappa shape index (κ2) is 8.05. The zero-order valence-electron chi connectivity index (χ0n) is 18.6. The van der Waals surface area contributed by atoms with E-state index in [0.717, 1.165) is 54.9 Å². The molecule has 2 saturated carbocycles. The molecule has 34 heavy (non-hydrogen) atoms. The summed E-state index contributed by atoms with van der Waals surface area (Å²) in [4.78, 5) is 3.98. The molecule has 1 N–H and O–H groups in total. The van der Waals surface area contributed by atoms with Gasteiger partial charge in [-0.05, 0) is 68.5 Å². The van der Waals surface area contributed by atoms with Crippen LogP contribution in [-0.4, -0.2) is 29.7 Å². The molecule has 2 fully saturated rings. The van der Waals surface area contributed by atoms with Crippen LogP contribution >= 0.6 is 0 Å². The third-order valence-electron chi connectivity index (χ3n) is 6.99.